The molecular formula is C14H28N2OS. The van der Waals surface area contributed by atoms with Gasteiger partial charge in [0, 0.05) is 6.04 Å². The third-order valence-electron chi connectivity index (χ3n) is 3.63. The second-order valence-electron chi connectivity index (χ2n) is 5.15. The number of unbranched alkanes of at least 4 members (excludes halogenated alkanes) is 1. The topological polar surface area (TPSA) is 55.1 Å². The van der Waals surface area contributed by atoms with E-state index in [1.54, 1.807) is 0 Å². The molecule has 0 aliphatic carbocycles. The average Bonchev–Trinajstić information content (AvgIpc) is 2.34. The molecule has 0 aliphatic heterocycles. The second-order valence-corrected chi connectivity index (χ2v) is 5.59. The first kappa shape index (κ1) is 17.4. The lowest BCUT2D eigenvalue weighted by atomic mass is 9.86. The smallest absolute Gasteiger partial charge is 0.232 e. The molecule has 2 atom stereocenters. The second kappa shape index (κ2) is 8.46. The number of nitrogens with one attached hydrogen (secondary N) is 1. The largest absolute Gasteiger partial charge is 0.392 e. The Morgan fingerprint density at radius 2 is 1.89 bits per heavy atom. The molecule has 0 saturated heterocycles. The molecule has 0 heterocycles. The summed E-state index contributed by atoms with van der Waals surface area (Å²) in [5.41, 5.74) is 4.99. The van der Waals surface area contributed by atoms with Crippen LogP contribution in [0.1, 0.15) is 66.2 Å². The molecule has 0 spiro atoms. The molecule has 0 aromatic rings. The van der Waals surface area contributed by atoms with Gasteiger partial charge in [-0.3, -0.25) is 4.79 Å². The maximum Gasteiger partial charge on any atom is 0.232 e. The van der Waals surface area contributed by atoms with E-state index in [9.17, 15) is 4.79 Å². The lowest BCUT2D eigenvalue weighted by Crippen LogP contribution is -2.49. The van der Waals surface area contributed by atoms with Crippen molar-refractivity contribution in [2.24, 2.45) is 11.1 Å². The predicted octanol–water partition coefficient (Wildman–Crippen LogP) is 3.16. The van der Waals surface area contributed by atoms with Gasteiger partial charge in [0.15, 0.2) is 0 Å². The first-order valence-corrected chi connectivity index (χ1v) is 7.44. The Labute approximate surface area is 117 Å². The Hall–Kier alpha value is -0.640. The van der Waals surface area contributed by atoms with E-state index < -0.39 is 5.41 Å². The van der Waals surface area contributed by atoms with Crippen molar-refractivity contribution in [1.82, 2.24) is 5.32 Å². The van der Waals surface area contributed by atoms with Crippen molar-refractivity contribution in [2.75, 3.05) is 0 Å². The first-order chi connectivity index (χ1) is 8.42. The fourth-order valence-electron chi connectivity index (χ4n) is 1.88. The number of hydrogen-bond acceptors (Lipinski definition) is 2. The van der Waals surface area contributed by atoms with Crippen molar-refractivity contribution >= 4 is 23.1 Å². The van der Waals surface area contributed by atoms with Crippen LogP contribution in [-0.2, 0) is 4.79 Å². The van der Waals surface area contributed by atoms with Crippen molar-refractivity contribution in [2.45, 2.75) is 72.3 Å². The molecule has 0 fully saturated rings. The van der Waals surface area contributed by atoms with Crippen molar-refractivity contribution in [3.63, 3.8) is 0 Å². The van der Waals surface area contributed by atoms with E-state index in [4.69, 9.17) is 18.0 Å². The summed E-state index contributed by atoms with van der Waals surface area (Å²) in [6.07, 6.45) is 6.05. The number of amides is 1. The predicted molar refractivity (Wildman–Crippen MR) is 81.5 cm³/mol. The minimum Gasteiger partial charge on any atom is -0.392 e. The van der Waals surface area contributed by atoms with Crippen molar-refractivity contribution in [1.29, 1.82) is 0 Å². The molecule has 0 radical (unpaired) electrons. The summed E-state index contributed by atoms with van der Waals surface area (Å²) in [6.45, 7) is 8.07. The van der Waals surface area contributed by atoms with Crippen LogP contribution in [0.2, 0.25) is 0 Å². The molecule has 0 rings (SSSR count). The maximum atomic E-state index is 12.3. The third kappa shape index (κ3) is 4.92. The quantitative estimate of drug-likeness (QED) is 0.634. The molecular weight excluding hydrogens is 244 g/mol. The molecule has 106 valence electrons. The molecule has 0 aliphatic rings. The van der Waals surface area contributed by atoms with Crippen LogP contribution in [0.5, 0.6) is 0 Å². The van der Waals surface area contributed by atoms with E-state index in [2.05, 4.69) is 19.2 Å². The Morgan fingerprint density at radius 3 is 2.28 bits per heavy atom. The van der Waals surface area contributed by atoms with Crippen LogP contribution in [0.15, 0.2) is 0 Å². The number of rotatable bonds is 9. The number of carbonyl (C=O) groups excluding carboxylic acids is 1. The van der Waals surface area contributed by atoms with Crippen molar-refractivity contribution in [3.05, 3.63) is 0 Å². The van der Waals surface area contributed by atoms with Gasteiger partial charge >= 0.3 is 0 Å². The van der Waals surface area contributed by atoms with E-state index >= 15 is 0 Å². The van der Waals surface area contributed by atoms with Gasteiger partial charge in [0.2, 0.25) is 5.91 Å². The molecule has 3 nitrogen and oxygen atoms in total. The highest BCUT2D eigenvalue weighted by molar-refractivity contribution is 7.80. The Balaban J connectivity index is 4.60. The van der Waals surface area contributed by atoms with Gasteiger partial charge in [-0.2, -0.15) is 0 Å². The average molecular weight is 272 g/mol. The molecule has 0 saturated carbocycles. The van der Waals surface area contributed by atoms with Crippen molar-refractivity contribution < 1.29 is 4.79 Å². The van der Waals surface area contributed by atoms with Gasteiger partial charge in [-0.05, 0) is 26.2 Å². The maximum absolute atomic E-state index is 12.3. The van der Waals surface area contributed by atoms with Crippen LogP contribution >= 0.6 is 12.2 Å². The fourth-order valence-corrected chi connectivity index (χ4v) is 2.12. The molecule has 0 aromatic heterocycles. The summed E-state index contributed by atoms with van der Waals surface area (Å²) in [5, 5.41) is 3.12. The van der Waals surface area contributed by atoms with Gasteiger partial charge in [-0.15, -0.1) is 0 Å². The highest BCUT2D eigenvalue weighted by atomic mass is 32.1. The summed E-state index contributed by atoms with van der Waals surface area (Å²) in [6, 6.07) is 0.252. The molecule has 18 heavy (non-hydrogen) atoms. The van der Waals surface area contributed by atoms with E-state index in [0.717, 1.165) is 32.1 Å². The standard InChI is InChI=1S/C14H28N2OS/c1-5-8-10-11(9-6-2)16-13(17)14(4,7-3)12(15)18/h11H,5-10H2,1-4H3,(H2,15,18)(H,16,17). The number of carbonyl (C=O) groups is 1. The Bertz CT molecular complexity index is 281. The van der Waals surface area contributed by atoms with Crippen LogP contribution in [0.25, 0.3) is 0 Å². The van der Waals surface area contributed by atoms with Gasteiger partial charge in [0.1, 0.15) is 0 Å². The van der Waals surface area contributed by atoms with Crippen LogP contribution < -0.4 is 11.1 Å². The minimum atomic E-state index is -0.715. The first-order valence-electron chi connectivity index (χ1n) is 7.03. The van der Waals surface area contributed by atoms with E-state index in [1.165, 1.54) is 0 Å². The lowest BCUT2D eigenvalue weighted by molar-refractivity contribution is -0.127. The summed E-state index contributed by atoms with van der Waals surface area (Å²) in [7, 11) is 0. The molecule has 4 heteroatoms. The van der Waals surface area contributed by atoms with Gasteiger partial charge in [0.25, 0.3) is 0 Å². The van der Waals surface area contributed by atoms with Gasteiger partial charge < -0.3 is 11.1 Å². The number of hydrogen-bond donors (Lipinski definition) is 2. The Morgan fingerprint density at radius 1 is 1.28 bits per heavy atom. The van der Waals surface area contributed by atoms with E-state index in [0.29, 0.717) is 6.42 Å². The fraction of sp³-hybridized carbons (Fsp3) is 0.857. The van der Waals surface area contributed by atoms with Crippen LogP contribution in [-0.4, -0.2) is 16.9 Å². The number of nitrogens with two attached hydrogens (primary N) is 1. The van der Waals surface area contributed by atoms with Crippen molar-refractivity contribution in [3.8, 4) is 0 Å². The lowest BCUT2D eigenvalue weighted by Gasteiger charge is -2.28. The molecule has 1 amide bonds. The molecule has 0 bridgehead atoms. The van der Waals surface area contributed by atoms with Crippen LogP contribution in [0.4, 0.5) is 0 Å². The molecule has 0 aromatic carbocycles. The highest BCUT2D eigenvalue weighted by Crippen LogP contribution is 2.22. The summed E-state index contributed by atoms with van der Waals surface area (Å²) in [4.78, 5) is 12.6. The SMILES string of the molecule is CCCCC(CCC)NC(=O)C(C)(CC)C(N)=S. The number of thiocarbonyl (C=S) groups is 1. The van der Waals surface area contributed by atoms with E-state index in [1.807, 2.05) is 13.8 Å². The summed E-state index contributed by atoms with van der Waals surface area (Å²) < 4.78 is 0. The zero-order chi connectivity index (χ0) is 14.2. The normalized spacial score (nSPS) is 15.8. The minimum absolute atomic E-state index is 0.0212. The van der Waals surface area contributed by atoms with Crippen LogP contribution in [0.3, 0.4) is 0 Å². The Kier molecular flexibility index (Phi) is 8.16. The summed E-state index contributed by atoms with van der Waals surface area (Å²) in [5.74, 6) is -0.0212. The highest BCUT2D eigenvalue weighted by Gasteiger charge is 2.35. The summed E-state index contributed by atoms with van der Waals surface area (Å²) >= 11 is 5.03. The monoisotopic (exact) mass is 272 g/mol. The zero-order valence-electron chi connectivity index (χ0n) is 12.2. The third-order valence-corrected chi connectivity index (χ3v) is 4.08. The van der Waals surface area contributed by atoms with Gasteiger partial charge in [0.05, 0.1) is 10.4 Å². The van der Waals surface area contributed by atoms with Gasteiger partial charge in [-0.1, -0.05) is 52.3 Å². The van der Waals surface area contributed by atoms with Crippen LogP contribution in [0, 0.1) is 5.41 Å². The molecule has 2 unspecified atom stereocenters. The molecule has 3 N–H and O–H groups in total. The zero-order valence-corrected chi connectivity index (χ0v) is 13.0. The van der Waals surface area contributed by atoms with E-state index in [-0.39, 0.29) is 16.9 Å². The van der Waals surface area contributed by atoms with Gasteiger partial charge in [-0.25, -0.2) is 0 Å².